The van der Waals surface area contributed by atoms with Crippen molar-refractivity contribution < 1.29 is 20.1 Å². The van der Waals surface area contributed by atoms with E-state index in [1.54, 1.807) is 4.57 Å². The Bertz CT molecular complexity index is 1010. The molecule has 31 heavy (non-hydrogen) atoms. The van der Waals surface area contributed by atoms with E-state index >= 15 is 0 Å². The number of ether oxygens (including phenoxy) is 1. The molecule has 1 saturated heterocycles. The number of aromatic nitrogens is 4. The molecule has 0 radical (unpaired) electrons. The average molecular weight is 428 g/mol. The topological polar surface area (TPSA) is 129 Å². The van der Waals surface area contributed by atoms with Gasteiger partial charge in [0.15, 0.2) is 23.2 Å². The fourth-order valence-corrected chi connectivity index (χ4v) is 3.88. The van der Waals surface area contributed by atoms with Crippen molar-refractivity contribution in [2.45, 2.75) is 44.9 Å². The Hall–Kier alpha value is -2.79. The molecule has 0 spiro atoms. The predicted octanol–water partition coefficient (Wildman–Crippen LogP) is 0.896. The maximum Gasteiger partial charge on any atom is 0.167 e. The summed E-state index contributed by atoms with van der Waals surface area (Å²) < 4.78 is 7.14. The fraction of sp³-hybridized carbons (Fsp3) is 0.476. The summed E-state index contributed by atoms with van der Waals surface area (Å²) in [7, 11) is 0. The molecule has 1 aliphatic heterocycles. The van der Waals surface area contributed by atoms with Crippen LogP contribution in [0, 0.1) is 0 Å². The van der Waals surface area contributed by atoms with Gasteiger partial charge in [-0.3, -0.25) is 4.57 Å². The monoisotopic (exact) mass is 428 g/mol. The van der Waals surface area contributed by atoms with Crippen LogP contribution in [-0.2, 0) is 11.3 Å². The van der Waals surface area contributed by atoms with Crippen molar-refractivity contribution >= 4 is 22.7 Å². The zero-order chi connectivity index (χ0) is 22.0. The van der Waals surface area contributed by atoms with Gasteiger partial charge in [-0.2, -0.15) is 0 Å². The molecule has 1 fully saturated rings. The summed E-state index contributed by atoms with van der Waals surface area (Å²) in [6.45, 7) is 6.37. The first-order valence-electron chi connectivity index (χ1n) is 10.4. The van der Waals surface area contributed by atoms with Crippen LogP contribution in [0.3, 0.4) is 0 Å². The van der Waals surface area contributed by atoms with Crippen LogP contribution in [-0.4, -0.2) is 72.8 Å². The van der Waals surface area contributed by atoms with Crippen LogP contribution in [0.25, 0.3) is 11.2 Å². The van der Waals surface area contributed by atoms with E-state index in [1.807, 2.05) is 0 Å². The lowest BCUT2D eigenvalue weighted by atomic mass is 10.1. The SMILES string of the molecule is CCN(CC)c1ccc(CNc2ncnc3c2ncn3[C@@H]2O[C@H](CO)[C@@H](O)[C@H]2O)cc1. The van der Waals surface area contributed by atoms with Crippen molar-refractivity contribution in [3.63, 3.8) is 0 Å². The predicted molar refractivity (Wildman–Crippen MR) is 116 cm³/mol. The zero-order valence-electron chi connectivity index (χ0n) is 17.6. The molecule has 10 nitrogen and oxygen atoms in total. The molecule has 4 rings (SSSR count). The number of hydrogen-bond donors (Lipinski definition) is 4. The number of rotatable bonds is 8. The fourth-order valence-electron chi connectivity index (χ4n) is 3.88. The van der Waals surface area contributed by atoms with Gasteiger partial charge in [-0.25, -0.2) is 15.0 Å². The van der Waals surface area contributed by atoms with Crippen molar-refractivity contribution in [1.29, 1.82) is 0 Å². The standard InChI is InChI=1S/C21H28N6O4/c1-3-26(4-2)14-7-5-13(6-8-14)9-22-19-16-20(24-11-23-19)27(12-25-16)21-18(30)17(29)15(10-28)31-21/h5-8,11-12,15,17-18,21,28-30H,3-4,9-10H2,1-2H3,(H,22,23,24)/t15-,17-,18-,21-/m1/s1. The van der Waals surface area contributed by atoms with Gasteiger partial charge in [0.2, 0.25) is 0 Å². The number of hydrogen-bond acceptors (Lipinski definition) is 9. The Morgan fingerprint density at radius 2 is 1.81 bits per heavy atom. The second-order valence-electron chi connectivity index (χ2n) is 7.47. The molecule has 4 N–H and O–H groups in total. The lowest BCUT2D eigenvalue weighted by Gasteiger charge is -2.21. The van der Waals surface area contributed by atoms with Crippen LogP contribution in [0.15, 0.2) is 36.9 Å². The summed E-state index contributed by atoms with van der Waals surface area (Å²) in [5.41, 5.74) is 3.28. The van der Waals surface area contributed by atoms with Gasteiger partial charge in [-0.05, 0) is 31.5 Å². The van der Waals surface area contributed by atoms with Crippen molar-refractivity contribution in [2.75, 3.05) is 29.9 Å². The van der Waals surface area contributed by atoms with E-state index in [2.05, 4.69) is 63.3 Å². The van der Waals surface area contributed by atoms with E-state index in [0.29, 0.717) is 23.5 Å². The van der Waals surface area contributed by atoms with Crippen LogP contribution in [0.2, 0.25) is 0 Å². The lowest BCUT2D eigenvalue weighted by Crippen LogP contribution is -2.33. The number of anilines is 2. The first-order chi connectivity index (χ1) is 15.1. The smallest absolute Gasteiger partial charge is 0.167 e. The number of fused-ring (bicyclic) bond motifs is 1. The van der Waals surface area contributed by atoms with E-state index in [4.69, 9.17) is 4.74 Å². The quantitative estimate of drug-likeness (QED) is 0.413. The Morgan fingerprint density at radius 3 is 2.45 bits per heavy atom. The summed E-state index contributed by atoms with van der Waals surface area (Å²) in [4.78, 5) is 15.2. The highest BCUT2D eigenvalue weighted by atomic mass is 16.6. The van der Waals surface area contributed by atoms with E-state index in [-0.39, 0.29) is 0 Å². The van der Waals surface area contributed by atoms with Gasteiger partial charge in [0.1, 0.15) is 24.6 Å². The molecule has 0 aliphatic carbocycles. The van der Waals surface area contributed by atoms with Gasteiger partial charge in [-0.1, -0.05) is 12.1 Å². The first kappa shape index (κ1) is 21.4. The minimum absolute atomic E-state index is 0.393. The van der Waals surface area contributed by atoms with Crippen LogP contribution in [0.5, 0.6) is 0 Å². The number of imidazole rings is 1. The molecular weight excluding hydrogens is 400 g/mol. The second kappa shape index (κ2) is 9.15. The molecule has 4 atom stereocenters. The highest BCUT2D eigenvalue weighted by molar-refractivity contribution is 5.82. The molecule has 1 aliphatic rings. The van der Waals surface area contributed by atoms with Crippen LogP contribution in [0.4, 0.5) is 11.5 Å². The van der Waals surface area contributed by atoms with Crippen LogP contribution >= 0.6 is 0 Å². The molecule has 3 aromatic rings. The second-order valence-corrected chi connectivity index (χ2v) is 7.47. The van der Waals surface area contributed by atoms with Gasteiger partial charge in [0, 0.05) is 25.3 Å². The summed E-state index contributed by atoms with van der Waals surface area (Å²) >= 11 is 0. The molecule has 0 bridgehead atoms. The largest absolute Gasteiger partial charge is 0.394 e. The molecule has 10 heteroatoms. The highest BCUT2D eigenvalue weighted by Gasteiger charge is 2.44. The summed E-state index contributed by atoms with van der Waals surface area (Å²) in [6, 6.07) is 8.37. The molecule has 0 amide bonds. The Morgan fingerprint density at radius 1 is 1.06 bits per heavy atom. The molecule has 166 valence electrons. The van der Waals surface area contributed by atoms with E-state index in [0.717, 1.165) is 18.7 Å². The van der Waals surface area contributed by atoms with Crippen LogP contribution in [0.1, 0.15) is 25.6 Å². The summed E-state index contributed by atoms with van der Waals surface area (Å²) in [5.74, 6) is 0.559. The molecule has 0 saturated carbocycles. The number of aliphatic hydroxyl groups is 3. The van der Waals surface area contributed by atoms with Crippen molar-refractivity contribution in [3.05, 3.63) is 42.5 Å². The molecule has 2 aromatic heterocycles. The number of nitrogens with one attached hydrogen (secondary N) is 1. The van der Waals surface area contributed by atoms with E-state index in [1.165, 1.54) is 18.3 Å². The molecule has 0 unspecified atom stereocenters. The molecule has 1 aromatic carbocycles. The number of nitrogens with zero attached hydrogens (tertiary/aromatic N) is 5. The molecular formula is C21H28N6O4. The third-order valence-corrected chi connectivity index (χ3v) is 5.67. The van der Waals surface area contributed by atoms with Crippen molar-refractivity contribution in [3.8, 4) is 0 Å². The Balaban J connectivity index is 1.51. The minimum Gasteiger partial charge on any atom is -0.394 e. The minimum atomic E-state index is -1.20. The Kier molecular flexibility index (Phi) is 6.33. The first-order valence-corrected chi connectivity index (χ1v) is 10.4. The van der Waals surface area contributed by atoms with Crippen molar-refractivity contribution in [2.24, 2.45) is 0 Å². The van der Waals surface area contributed by atoms with Gasteiger partial charge in [0.05, 0.1) is 12.9 Å². The summed E-state index contributed by atoms with van der Waals surface area (Å²) in [6.07, 6.45) is -1.25. The lowest BCUT2D eigenvalue weighted by molar-refractivity contribution is -0.0511. The van der Waals surface area contributed by atoms with Gasteiger partial charge < -0.3 is 30.3 Å². The maximum absolute atomic E-state index is 10.3. The number of benzene rings is 1. The number of aliphatic hydroxyl groups excluding tert-OH is 3. The van der Waals surface area contributed by atoms with Gasteiger partial charge in [-0.15, -0.1) is 0 Å². The highest BCUT2D eigenvalue weighted by Crippen LogP contribution is 2.32. The van der Waals surface area contributed by atoms with Crippen molar-refractivity contribution in [1.82, 2.24) is 19.5 Å². The summed E-state index contributed by atoms with van der Waals surface area (Å²) in [5, 5.41) is 33.0. The Labute approximate surface area is 180 Å². The van der Waals surface area contributed by atoms with Gasteiger partial charge >= 0.3 is 0 Å². The van der Waals surface area contributed by atoms with E-state index in [9.17, 15) is 15.3 Å². The average Bonchev–Trinajstić information content (AvgIpc) is 3.35. The third kappa shape index (κ3) is 4.07. The molecule has 3 heterocycles. The van der Waals surface area contributed by atoms with Crippen LogP contribution < -0.4 is 10.2 Å². The third-order valence-electron chi connectivity index (χ3n) is 5.67. The zero-order valence-corrected chi connectivity index (χ0v) is 17.6. The maximum atomic E-state index is 10.3. The van der Waals surface area contributed by atoms with Gasteiger partial charge in [0.25, 0.3) is 0 Å². The normalized spacial score (nSPS) is 23.4. The van der Waals surface area contributed by atoms with E-state index < -0.39 is 31.1 Å².